The molecule has 0 unspecified atom stereocenters. The molecule has 31 heavy (non-hydrogen) atoms. The zero-order valence-corrected chi connectivity index (χ0v) is 18.5. The van der Waals surface area contributed by atoms with E-state index in [0.29, 0.717) is 18.2 Å². The van der Waals surface area contributed by atoms with Gasteiger partial charge in [0.1, 0.15) is 0 Å². The van der Waals surface area contributed by atoms with Crippen LogP contribution in [0.1, 0.15) is 36.6 Å². The van der Waals surface area contributed by atoms with Gasteiger partial charge in [-0.3, -0.25) is 4.98 Å². The first kappa shape index (κ1) is 21.1. The van der Waals surface area contributed by atoms with Crippen molar-refractivity contribution in [1.82, 2.24) is 9.88 Å². The highest BCUT2D eigenvalue weighted by molar-refractivity contribution is 7.80. The molecule has 6 heteroatoms. The fourth-order valence-electron chi connectivity index (χ4n) is 3.48. The lowest BCUT2D eigenvalue weighted by Gasteiger charge is -2.26. The Hall–Kier alpha value is -3.12. The maximum absolute atomic E-state index is 5.79. The number of ether oxygens (including phenoxy) is 2. The van der Waals surface area contributed by atoms with E-state index in [1.165, 1.54) is 18.4 Å². The second-order valence-corrected chi connectivity index (χ2v) is 7.98. The minimum absolute atomic E-state index is 0.269. The van der Waals surface area contributed by atoms with E-state index in [9.17, 15) is 0 Å². The van der Waals surface area contributed by atoms with Crippen LogP contribution in [0.5, 0.6) is 11.5 Å². The number of nitrogens with zero attached hydrogens (tertiary/aromatic N) is 2. The summed E-state index contributed by atoms with van der Waals surface area (Å²) in [4.78, 5) is 6.59. The molecule has 5 nitrogen and oxygen atoms in total. The van der Waals surface area contributed by atoms with Crippen molar-refractivity contribution >= 4 is 23.0 Å². The van der Waals surface area contributed by atoms with Crippen LogP contribution in [0.4, 0.5) is 5.69 Å². The van der Waals surface area contributed by atoms with Crippen molar-refractivity contribution in [2.45, 2.75) is 39.3 Å². The number of fused-ring (bicyclic) bond motifs is 1. The minimum Gasteiger partial charge on any atom is -0.454 e. The molecule has 1 aromatic heterocycles. The summed E-state index contributed by atoms with van der Waals surface area (Å²) in [6.45, 7) is 3.72. The predicted molar refractivity (Wildman–Crippen MR) is 127 cm³/mol. The summed E-state index contributed by atoms with van der Waals surface area (Å²) in [5, 5.41) is 4.05. The molecule has 0 radical (unpaired) electrons. The molecule has 2 heterocycles. The maximum Gasteiger partial charge on any atom is 0.231 e. The largest absolute Gasteiger partial charge is 0.454 e. The van der Waals surface area contributed by atoms with Crippen molar-refractivity contribution in [3.63, 3.8) is 0 Å². The van der Waals surface area contributed by atoms with Crippen LogP contribution in [0, 0.1) is 0 Å². The summed E-state index contributed by atoms with van der Waals surface area (Å²) in [7, 11) is 0. The second-order valence-electron chi connectivity index (χ2n) is 7.60. The van der Waals surface area contributed by atoms with Gasteiger partial charge in [-0.25, -0.2) is 0 Å². The van der Waals surface area contributed by atoms with E-state index in [0.717, 1.165) is 34.9 Å². The summed E-state index contributed by atoms with van der Waals surface area (Å²) in [5.41, 5.74) is 4.40. The molecular formula is C25H27N3O2S. The number of hydrogen-bond acceptors (Lipinski definition) is 4. The number of anilines is 1. The molecule has 1 aliphatic rings. The monoisotopic (exact) mass is 433 g/mol. The Bertz CT molecular complexity index is 1010. The number of pyridine rings is 1. The van der Waals surface area contributed by atoms with Gasteiger partial charge in [0.05, 0.1) is 12.2 Å². The highest BCUT2D eigenvalue weighted by atomic mass is 32.1. The van der Waals surface area contributed by atoms with Gasteiger partial charge >= 0.3 is 0 Å². The molecule has 0 saturated heterocycles. The Morgan fingerprint density at radius 1 is 1.00 bits per heavy atom. The molecule has 4 rings (SSSR count). The number of hydrogen-bond donors (Lipinski definition) is 1. The number of aryl methyl sites for hydroxylation is 1. The van der Waals surface area contributed by atoms with Crippen LogP contribution in [0.3, 0.4) is 0 Å². The average Bonchev–Trinajstić information content (AvgIpc) is 3.27. The third kappa shape index (κ3) is 5.73. The number of aromatic nitrogens is 1. The summed E-state index contributed by atoms with van der Waals surface area (Å²) in [5.74, 6) is 1.56. The third-order valence-electron chi connectivity index (χ3n) is 5.20. The molecule has 1 N–H and O–H groups in total. The zero-order valence-electron chi connectivity index (χ0n) is 17.7. The molecule has 1 aliphatic heterocycles. The normalized spacial score (nSPS) is 11.9. The Labute approximate surface area is 189 Å². The van der Waals surface area contributed by atoms with Gasteiger partial charge in [0.2, 0.25) is 6.79 Å². The first-order valence-electron chi connectivity index (χ1n) is 10.6. The fraction of sp³-hybridized carbons (Fsp3) is 0.280. The van der Waals surface area contributed by atoms with Gasteiger partial charge in [-0.1, -0.05) is 37.6 Å². The molecule has 0 atom stereocenters. The lowest BCUT2D eigenvalue weighted by molar-refractivity contribution is 0.174. The van der Waals surface area contributed by atoms with Gasteiger partial charge in [-0.05, 0) is 72.6 Å². The van der Waals surface area contributed by atoms with Crippen molar-refractivity contribution in [2.24, 2.45) is 0 Å². The van der Waals surface area contributed by atoms with E-state index in [1.54, 1.807) is 6.20 Å². The zero-order chi connectivity index (χ0) is 21.5. The third-order valence-corrected chi connectivity index (χ3v) is 5.56. The summed E-state index contributed by atoms with van der Waals surface area (Å²) >= 11 is 5.79. The van der Waals surface area contributed by atoms with Gasteiger partial charge in [0.25, 0.3) is 0 Å². The van der Waals surface area contributed by atoms with Gasteiger partial charge in [0.15, 0.2) is 16.6 Å². The molecule has 0 aliphatic carbocycles. The Morgan fingerprint density at radius 3 is 2.58 bits per heavy atom. The minimum atomic E-state index is 0.269. The van der Waals surface area contributed by atoms with Gasteiger partial charge in [0, 0.05) is 18.4 Å². The highest BCUT2D eigenvalue weighted by Gasteiger charge is 2.17. The Balaban J connectivity index is 1.48. The van der Waals surface area contributed by atoms with Gasteiger partial charge in [-0.15, -0.1) is 0 Å². The highest BCUT2D eigenvalue weighted by Crippen LogP contribution is 2.33. The Morgan fingerprint density at radius 2 is 1.81 bits per heavy atom. The number of nitrogens with one attached hydrogen (secondary N) is 1. The first-order chi connectivity index (χ1) is 15.2. The van der Waals surface area contributed by atoms with Crippen molar-refractivity contribution < 1.29 is 9.47 Å². The SMILES string of the molecule is CCCCc1ccc(NC(=S)N(Cc2ccc3c(c2)OCO3)Cc2ccccn2)cc1. The van der Waals surface area contributed by atoms with E-state index >= 15 is 0 Å². The summed E-state index contributed by atoms with van der Waals surface area (Å²) in [6, 6.07) is 20.5. The van der Waals surface area contributed by atoms with Crippen molar-refractivity contribution in [3.8, 4) is 11.5 Å². The van der Waals surface area contributed by atoms with E-state index in [-0.39, 0.29) is 6.79 Å². The van der Waals surface area contributed by atoms with Crippen LogP contribution in [0.25, 0.3) is 0 Å². The fourth-order valence-corrected chi connectivity index (χ4v) is 3.73. The van der Waals surface area contributed by atoms with Gasteiger partial charge in [-0.2, -0.15) is 0 Å². The number of rotatable bonds is 8. The summed E-state index contributed by atoms with van der Waals surface area (Å²) < 4.78 is 11.0. The predicted octanol–water partition coefficient (Wildman–Crippen LogP) is 5.55. The van der Waals surface area contributed by atoms with Crippen molar-refractivity contribution in [3.05, 3.63) is 83.7 Å². The van der Waals surface area contributed by atoms with E-state index in [2.05, 4.69) is 46.4 Å². The molecule has 3 aromatic rings. The topological polar surface area (TPSA) is 46.6 Å². The molecule has 0 fully saturated rings. The number of thiocarbonyl (C=S) groups is 1. The molecule has 0 amide bonds. The number of benzene rings is 2. The van der Waals surface area contributed by atoms with Gasteiger partial charge < -0.3 is 19.7 Å². The van der Waals surface area contributed by atoms with Crippen LogP contribution >= 0.6 is 12.2 Å². The lowest BCUT2D eigenvalue weighted by Crippen LogP contribution is -2.34. The summed E-state index contributed by atoms with van der Waals surface area (Å²) in [6.07, 6.45) is 5.32. The standard InChI is InChI=1S/C25H27N3O2S/c1-2-3-6-19-8-11-21(12-9-19)27-25(31)28(17-22-7-4-5-14-26-22)16-20-10-13-23-24(15-20)30-18-29-23/h4-5,7-15H,2-3,6,16-18H2,1H3,(H,27,31). The molecule has 0 spiro atoms. The molecule has 0 saturated carbocycles. The van der Waals surface area contributed by atoms with Crippen LogP contribution in [-0.2, 0) is 19.5 Å². The maximum atomic E-state index is 5.79. The lowest BCUT2D eigenvalue weighted by atomic mass is 10.1. The van der Waals surface area contributed by atoms with Crippen molar-refractivity contribution in [1.29, 1.82) is 0 Å². The van der Waals surface area contributed by atoms with Crippen LogP contribution < -0.4 is 14.8 Å². The van der Waals surface area contributed by atoms with Crippen LogP contribution in [0.2, 0.25) is 0 Å². The Kier molecular flexibility index (Phi) is 6.99. The molecule has 0 bridgehead atoms. The van der Waals surface area contributed by atoms with E-state index in [4.69, 9.17) is 21.7 Å². The van der Waals surface area contributed by atoms with Crippen LogP contribution in [-0.4, -0.2) is 21.8 Å². The quantitative estimate of drug-likeness (QED) is 0.470. The molecule has 160 valence electrons. The molecule has 2 aromatic carbocycles. The van der Waals surface area contributed by atoms with Crippen molar-refractivity contribution in [2.75, 3.05) is 12.1 Å². The first-order valence-corrected chi connectivity index (χ1v) is 11.1. The van der Waals surface area contributed by atoms with Crippen LogP contribution in [0.15, 0.2) is 66.9 Å². The average molecular weight is 434 g/mol. The second kappa shape index (κ2) is 10.3. The number of unbranched alkanes of at least 4 members (excludes halogenated alkanes) is 1. The smallest absolute Gasteiger partial charge is 0.231 e. The van der Waals surface area contributed by atoms with E-state index in [1.807, 2.05) is 36.4 Å². The van der Waals surface area contributed by atoms with E-state index < -0.39 is 0 Å². The molecular weight excluding hydrogens is 406 g/mol.